The van der Waals surface area contributed by atoms with E-state index in [-0.39, 0.29) is 0 Å². The number of hydrogen-bond acceptors (Lipinski definition) is 5. The van der Waals surface area contributed by atoms with Crippen molar-refractivity contribution in [3.63, 3.8) is 0 Å². The normalized spacial score (nSPS) is 14.7. The van der Waals surface area contributed by atoms with Crippen LogP contribution in [0, 0.1) is 13.8 Å². The third kappa shape index (κ3) is 2.98. The molecule has 1 saturated heterocycles. The Bertz CT molecular complexity index is 948. The van der Waals surface area contributed by atoms with E-state index in [1.54, 1.807) is 7.11 Å². The average Bonchev–Trinajstić information content (AvgIpc) is 2.67. The summed E-state index contributed by atoms with van der Waals surface area (Å²) in [5.41, 5.74) is 5.23. The van der Waals surface area contributed by atoms with Gasteiger partial charge in [0, 0.05) is 35.8 Å². The second-order valence-corrected chi connectivity index (χ2v) is 7.01. The smallest absolute Gasteiger partial charge is 0.131 e. The van der Waals surface area contributed by atoms with E-state index >= 15 is 0 Å². The molecule has 0 unspecified atom stereocenters. The van der Waals surface area contributed by atoms with Gasteiger partial charge in [-0.2, -0.15) is 10.2 Å². The van der Waals surface area contributed by atoms with Crippen molar-refractivity contribution >= 4 is 16.7 Å². The van der Waals surface area contributed by atoms with Crippen LogP contribution in [-0.4, -0.2) is 35.4 Å². The molecule has 26 heavy (non-hydrogen) atoms. The molecule has 0 bridgehead atoms. The molecule has 134 valence electrons. The number of nitrogens with zero attached hydrogens (tertiary/aromatic N) is 4. The van der Waals surface area contributed by atoms with Crippen molar-refractivity contribution in [3.8, 4) is 16.9 Å². The lowest BCUT2D eigenvalue weighted by Gasteiger charge is -2.29. The lowest BCUT2D eigenvalue weighted by molar-refractivity contribution is 0.412. The Labute approximate surface area is 154 Å². The van der Waals surface area contributed by atoms with Crippen LogP contribution in [0.1, 0.15) is 30.4 Å². The number of ether oxygens (including phenoxy) is 1. The Balaban J connectivity index is 1.79. The number of hydrogen-bond donors (Lipinski definition) is 0. The zero-order chi connectivity index (χ0) is 18.1. The molecule has 3 heterocycles. The molecule has 0 amide bonds. The first-order chi connectivity index (χ1) is 12.7. The molecule has 0 saturated carbocycles. The van der Waals surface area contributed by atoms with Gasteiger partial charge in [0.05, 0.1) is 18.8 Å². The van der Waals surface area contributed by atoms with Gasteiger partial charge < -0.3 is 9.64 Å². The molecule has 0 spiro atoms. The molecule has 0 radical (unpaired) electrons. The zero-order valence-corrected chi connectivity index (χ0v) is 15.6. The molecule has 3 aromatic rings. The Hall–Kier alpha value is -2.69. The summed E-state index contributed by atoms with van der Waals surface area (Å²) in [6, 6.07) is 6.27. The molecule has 0 aliphatic carbocycles. The van der Waals surface area contributed by atoms with Crippen LogP contribution in [0.3, 0.4) is 0 Å². The van der Waals surface area contributed by atoms with E-state index in [2.05, 4.69) is 28.1 Å². The molecule has 0 atom stereocenters. The predicted octanol–water partition coefficient (Wildman–Crippen LogP) is 4.31. The maximum atomic E-state index is 5.50. The van der Waals surface area contributed by atoms with E-state index in [1.165, 1.54) is 24.8 Å². The maximum Gasteiger partial charge on any atom is 0.131 e. The van der Waals surface area contributed by atoms with E-state index < -0.39 is 0 Å². The highest BCUT2D eigenvalue weighted by molar-refractivity contribution is 5.95. The van der Waals surface area contributed by atoms with Crippen molar-refractivity contribution in [2.75, 3.05) is 25.1 Å². The number of piperidine rings is 1. The Morgan fingerprint density at radius 3 is 2.50 bits per heavy atom. The fraction of sp³-hybridized carbons (Fsp3) is 0.381. The van der Waals surface area contributed by atoms with Crippen LogP contribution in [0.5, 0.6) is 5.75 Å². The van der Waals surface area contributed by atoms with Crippen molar-refractivity contribution < 1.29 is 4.74 Å². The van der Waals surface area contributed by atoms with E-state index in [1.807, 2.05) is 31.5 Å². The van der Waals surface area contributed by atoms with Gasteiger partial charge in [0.1, 0.15) is 11.6 Å². The highest BCUT2D eigenvalue weighted by Gasteiger charge is 2.16. The van der Waals surface area contributed by atoms with Crippen LogP contribution in [0.4, 0.5) is 5.82 Å². The summed E-state index contributed by atoms with van der Waals surface area (Å²) in [7, 11) is 1.70. The summed E-state index contributed by atoms with van der Waals surface area (Å²) in [4.78, 5) is 7.19. The molecule has 1 aliphatic rings. The fourth-order valence-electron chi connectivity index (χ4n) is 3.79. The van der Waals surface area contributed by atoms with Gasteiger partial charge in [-0.1, -0.05) is 0 Å². The second kappa shape index (κ2) is 6.90. The number of fused-ring (bicyclic) bond motifs is 1. The maximum absolute atomic E-state index is 5.50. The molecule has 5 nitrogen and oxygen atoms in total. The molecule has 5 heteroatoms. The molecule has 4 rings (SSSR count). The minimum Gasteiger partial charge on any atom is -0.496 e. The molecule has 2 aromatic heterocycles. The number of rotatable bonds is 3. The SMILES string of the molecule is COc1cc2c(-c3cnc(N4CCCCC4)c(C)c3)cnnc2cc1C. The first kappa shape index (κ1) is 16.8. The minimum atomic E-state index is 0.862. The monoisotopic (exact) mass is 348 g/mol. The van der Waals surface area contributed by atoms with Gasteiger partial charge in [0.2, 0.25) is 0 Å². The van der Waals surface area contributed by atoms with Crippen LogP contribution in [0.15, 0.2) is 30.6 Å². The quantitative estimate of drug-likeness (QED) is 0.706. The van der Waals surface area contributed by atoms with Gasteiger partial charge in [0.15, 0.2) is 0 Å². The van der Waals surface area contributed by atoms with Crippen molar-refractivity contribution in [2.45, 2.75) is 33.1 Å². The molecular weight excluding hydrogens is 324 g/mol. The number of benzene rings is 1. The first-order valence-corrected chi connectivity index (χ1v) is 9.19. The van der Waals surface area contributed by atoms with Gasteiger partial charge >= 0.3 is 0 Å². The van der Waals surface area contributed by atoms with Gasteiger partial charge in [-0.3, -0.25) is 0 Å². The summed E-state index contributed by atoms with van der Waals surface area (Å²) in [5.74, 6) is 1.97. The van der Waals surface area contributed by atoms with Gasteiger partial charge in [-0.25, -0.2) is 4.98 Å². The minimum absolute atomic E-state index is 0.862. The van der Waals surface area contributed by atoms with Crippen molar-refractivity contribution in [3.05, 3.63) is 41.7 Å². The molecule has 0 N–H and O–H groups in total. The highest BCUT2D eigenvalue weighted by atomic mass is 16.5. The lowest BCUT2D eigenvalue weighted by atomic mass is 10.0. The summed E-state index contributed by atoms with van der Waals surface area (Å²) in [5, 5.41) is 9.52. The van der Waals surface area contributed by atoms with E-state index in [0.717, 1.165) is 52.3 Å². The van der Waals surface area contributed by atoms with Gasteiger partial charge in [0.25, 0.3) is 0 Å². The average molecular weight is 348 g/mol. The predicted molar refractivity (Wildman–Crippen MR) is 105 cm³/mol. The van der Waals surface area contributed by atoms with Crippen LogP contribution < -0.4 is 9.64 Å². The summed E-state index contributed by atoms with van der Waals surface area (Å²) < 4.78 is 5.50. The van der Waals surface area contributed by atoms with Crippen molar-refractivity contribution in [1.82, 2.24) is 15.2 Å². The van der Waals surface area contributed by atoms with Gasteiger partial charge in [-0.05, 0) is 62.4 Å². The van der Waals surface area contributed by atoms with E-state index in [0.29, 0.717) is 0 Å². The zero-order valence-electron chi connectivity index (χ0n) is 15.6. The fourth-order valence-corrected chi connectivity index (χ4v) is 3.79. The molecular formula is C21H24N4O. The van der Waals surface area contributed by atoms with Crippen LogP contribution in [0.25, 0.3) is 22.0 Å². The summed E-state index contributed by atoms with van der Waals surface area (Å²) in [6.07, 6.45) is 7.60. The third-order valence-corrected chi connectivity index (χ3v) is 5.17. The largest absolute Gasteiger partial charge is 0.496 e. The Morgan fingerprint density at radius 1 is 0.962 bits per heavy atom. The Kier molecular flexibility index (Phi) is 4.45. The van der Waals surface area contributed by atoms with Crippen LogP contribution >= 0.6 is 0 Å². The van der Waals surface area contributed by atoms with Crippen molar-refractivity contribution in [1.29, 1.82) is 0 Å². The summed E-state index contributed by atoms with van der Waals surface area (Å²) >= 11 is 0. The molecule has 1 fully saturated rings. The standard InChI is InChI=1S/C21H24N4O/c1-14-10-19-17(11-20(14)26-3)18(13-23-24-19)16-9-15(2)21(22-12-16)25-7-5-4-6-8-25/h9-13H,4-8H2,1-3H3. The van der Waals surface area contributed by atoms with Crippen LogP contribution in [0.2, 0.25) is 0 Å². The molecule has 1 aromatic carbocycles. The number of aromatic nitrogens is 3. The highest BCUT2D eigenvalue weighted by Crippen LogP contribution is 2.33. The van der Waals surface area contributed by atoms with Crippen molar-refractivity contribution in [2.24, 2.45) is 0 Å². The van der Waals surface area contributed by atoms with E-state index in [4.69, 9.17) is 9.72 Å². The first-order valence-electron chi connectivity index (χ1n) is 9.19. The number of anilines is 1. The Morgan fingerprint density at radius 2 is 1.77 bits per heavy atom. The molecule has 1 aliphatic heterocycles. The number of pyridine rings is 1. The number of methoxy groups -OCH3 is 1. The third-order valence-electron chi connectivity index (χ3n) is 5.17. The number of aryl methyl sites for hydroxylation is 2. The van der Waals surface area contributed by atoms with Gasteiger partial charge in [-0.15, -0.1) is 0 Å². The van der Waals surface area contributed by atoms with Crippen LogP contribution in [-0.2, 0) is 0 Å². The summed E-state index contributed by atoms with van der Waals surface area (Å²) in [6.45, 7) is 6.36. The lowest BCUT2D eigenvalue weighted by Crippen LogP contribution is -2.30. The van der Waals surface area contributed by atoms with E-state index in [9.17, 15) is 0 Å². The second-order valence-electron chi connectivity index (χ2n) is 7.01. The topological polar surface area (TPSA) is 51.1 Å².